The Morgan fingerprint density at radius 2 is 2.00 bits per heavy atom. The number of imidazole rings is 1. The highest BCUT2D eigenvalue weighted by molar-refractivity contribution is 5.85. The molecule has 8 nitrogen and oxygen atoms in total. The van der Waals surface area contributed by atoms with Gasteiger partial charge in [-0.1, -0.05) is 0 Å². The van der Waals surface area contributed by atoms with Crippen LogP contribution in [0.4, 0.5) is 0 Å². The second-order valence-corrected chi connectivity index (χ2v) is 4.16. The third kappa shape index (κ3) is 2.42. The molecule has 19 heavy (non-hydrogen) atoms. The summed E-state index contributed by atoms with van der Waals surface area (Å²) in [6.45, 7) is 0.256. The molecule has 3 N–H and O–H groups in total. The van der Waals surface area contributed by atoms with Crippen molar-refractivity contribution < 1.29 is 5.11 Å². The van der Waals surface area contributed by atoms with E-state index in [9.17, 15) is 14.7 Å². The van der Waals surface area contributed by atoms with Gasteiger partial charge in [-0.15, -0.1) is 12.4 Å². The first kappa shape index (κ1) is 15.4. The number of aryl methyl sites for hydroxylation is 1. The number of aliphatic hydroxyl groups excluding tert-OH is 1. The third-order valence-corrected chi connectivity index (χ3v) is 2.90. The zero-order valence-electron chi connectivity index (χ0n) is 10.6. The maximum atomic E-state index is 12.0. The van der Waals surface area contributed by atoms with Gasteiger partial charge in [-0.2, -0.15) is 0 Å². The van der Waals surface area contributed by atoms with Crippen molar-refractivity contribution in [1.82, 2.24) is 18.7 Å². The fourth-order valence-corrected chi connectivity index (χ4v) is 1.84. The fourth-order valence-electron chi connectivity index (χ4n) is 1.84. The molecule has 0 aliphatic carbocycles. The van der Waals surface area contributed by atoms with Gasteiger partial charge in [-0.25, -0.2) is 9.78 Å². The predicted molar refractivity (Wildman–Crippen MR) is 72.5 cm³/mol. The lowest BCUT2D eigenvalue weighted by Crippen LogP contribution is -2.38. The second kappa shape index (κ2) is 5.55. The molecule has 2 aromatic heterocycles. The molecule has 0 spiro atoms. The Bertz CT molecular complexity index is 701. The summed E-state index contributed by atoms with van der Waals surface area (Å²) in [6.07, 6.45) is 0.661. The number of rotatable bonds is 3. The van der Waals surface area contributed by atoms with Crippen LogP contribution in [0.3, 0.4) is 0 Å². The zero-order chi connectivity index (χ0) is 13.4. The Balaban J connectivity index is 0.00000180. The van der Waals surface area contributed by atoms with E-state index in [0.29, 0.717) is 5.65 Å². The van der Waals surface area contributed by atoms with Crippen LogP contribution in [0, 0.1) is 0 Å². The van der Waals surface area contributed by atoms with Gasteiger partial charge in [0.25, 0.3) is 5.56 Å². The van der Waals surface area contributed by atoms with Crippen LogP contribution in [0.1, 0.15) is 0 Å². The zero-order valence-corrected chi connectivity index (χ0v) is 11.4. The van der Waals surface area contributed by atoms with Gasteiger partial charge >= 0.3 is 5.69 Å². The molecule has 0 aliphatic rings. The lowest BCUT2D eigenvalue weighted by atomic mass is 10.3. The van der Waals surface area contributed by atoms with Gasteiger partial charge in [-0.05, 0) is 0 Å². The van der Waals surface area contributed by atoms with Gasteiger partial charge in [0.1, 0.15) is 0 Å². The molecule has 0 radical (unpaired) electrons. The first-order valence-electron chi connectivity index (χ1n) is 5.46. The summed E-state index contributed by atoms with van der Waals surface area (Å²) in [4.78, 5) is 27.8. The summed E-state index contributed by atoms with van der Waals surface area (Å²) < 4.78 is 3.81. The van der Waals surface area contributed by atoms with Gasteiger partial charge in [0.2, 0.25) is 0 Å². The molecule has 0 saturated heterocycles. The number of aromatic nitrogens is 4. The van der Waals surface area contributed by atoms with Crippen LogP contribution < -0.4 is 17.0 Å². The highest BCUT2D eigenvalue weighted by atomic mass is 35.5. The van der Waals surface area contributed by atoms with E-state index in [1.807, 2.05) is 0 Å². The Morgan fingerprint density at radius 3 is 2.58 bits per heavy atom. The summed E-state index contributed by atoms with van der Waals surface area (Å²) in [5, 5.41) is 9.52. The van der Waals surface area contributed by atoms with E-state index in [1.54, 1.807) is 7.05 Å². The van der Waals surface area contributed by atoms with Crippen molar-refractivity contribution in [2.24, 2.45) is 19.8 Å². The third-order valence-electron chi connectivity index (χ3n) is 2.90. The molecule has 2 heterocycles. The maximum Gasteiger partial charge on any atom is 0.332 e. The van der Waals surface area contributed by atoms with Crippen molar-refractivity contribution in [3.8, 4) is 0 Å². The van der Waals surface area contributed by atoms with Crippen molar-refractivity contribution in [1.29, 1.82) is 0 Å². The molecule has 0 amide bonds. The Morgan fingerprint density at radius 1 is 1.37 bits per heavy atom. The molecular formula is C10H16ClN5O3. The quantitative estimate of drug-likeness (QED) is 0.691. The summed E-state index contributed by atoms with van der Waals surface area (Å²) in [6, 6.07) is 0. The van der Waals surface area contributed by atoms with E-state index in [-0.39, 0.29) is 31.0 Å². The molecule has 1 atom stereocenters. The van der Waals surface area contributed by atoms with Gasteiger partial charge < -0.3 is 15.4 Å². The van der Waals surface area contributed by atoms with Crippen LogP contribution in [0.5, 0.6) is 0 Å². The van der Waals surface area contributed by atoms with Crippen LogP contribution in [0.25, 0.3) is 11.2 Å². The number of nitrogens with zero attached hydrogens (tertiary/aromatic N) is 4. The Hall–Kier alpha value is -1.64. The normalized spacial score (nSPS) is 12.4. The number of halogens is 1. The average Bonchev–Trinajstić information content (AvgIpc) is 2.77. The van der Waals surface area contributed by atoms with Crippen LogP contribution in [0.15, 0.2) is 15.9 Å². The average molecular weight is 290 g/mol. The largest absolute Gasteiger partial charge is 0.390 e. The Labute approximate surface area is 114 Å². The second-order valence-electron chi connectivity index (χ2n) is 4.16. The topological polar surface area (TPSA) is 108 Å². The van der Waals surface area contributed by atoms with Gasteiger partial charge in [0.05, 0.1) is 19.0 Å². The van der Waals surface area contributed by atoms with Crippen molar-refractivity contribution in [3.05, 3.63) is 27.2 Å². The van der Waals surface area contributed by atoms with E-state index < -0.39 is 17.4 Å². The molecule has 2 rings (SSSR count). The number of nitrogens with two attached hydrogens (primary N) is 1. The number of aliphatic hydroxyl groups is 1. The molecule has 2 aromatic rings. The van der Waals surface area contributed by atoms with E-state index >= 15 is 0 Å². The van der Waals surface area contributed by atoms with E-state index in [2.05, 4.69) is 4.98 Å². The van der Waals surface area contributed by atoms with E-state index in [1.165, 1.54) is 22.5 Å². The molecule has 0 fully saturated rings. The number of hydrogen-bond acceptors (Lipinski definition) is 5. The molecule has 0 saturated carbocycles. The molecule has 106 valence electrons. The lowest BCUT2D eigenvalue weighted by Gasteiger charge is -2.09. The van der Waals surface area contributed by atoms with Gasteiger partial charge in [0, 0.05) is 20.6 Å². The summed E-state index contributed by atoms with van der Waals surface area (Å²) in [5.74, 6) is 0. The monoisotopic (exact) mass is 289 g/mol. The summed E-state index contributed by atoms with van der Waals surface area (Å²) >= 11 is 0. The van der Waals surface area contributed by atoms with Crippen molar-refractivity contribution in [2.45, 2.75) is 12.6 Å². The highest BCUT2D eigenvalue weighted by Gasteiger charge is 2.15. The van der Waals surface area contributed by atoms with Crippen LogP contribution in [-0.2, 0) is 20.6 Å². The van der Waals surface area contributed by atoms with Crippen LogP contribution in [0.2, 0.25) is 0 Å². The maximum absolute atomic E-state index is 12.0. The van der Waals surface area contributed by atoms with Crippen molar-refractivity contribution in [2.75, 3.05) is 6.54 Å². The van der Waals surface area contributed by atoms with Gasteiger partial charge in [-0.3, -0.25) is 13.9 Å². The SMILES string of the molecule is Cl.Cn1c(=O)c2c(ncn2CC(O)CN)n(C)c1=O. The number of hydrogen-bond donors (Lipinski definition) is 2. The standard InChI is InChI=1S/C10H15N5O3.ClH/c1-13-8-7(9(17)14(2)10(13)18)15(5-12-8)4-6(16)3-11;/h5-6,16H,3-4,11H2,1-2H3;1H. The predicted octanol–water partition coefficient (Wildman–Crippen LogP) is -1.82. The van der Waals surface area contributed by atoms with Crippen molar-refractivity contribution >= 4 is 23.6 Å². The first-order chi connectivity index (χ1) is 8.47. The smallest absolute Gasteiger partial charge is 0.332 e. The lowest BCUT2D eigenvalue weighted by molar-refractivity contribution is 0.163. The minimum Gasteiger partial charge on any atom is -0.390 e. The molecule has 0 aromatic carbocycles. The molecule has 1 unspecified atom stereocenters. The van der Waals surface area contributed by atoms with Crippen LogP contribution >= 0.6 is 12.4 Å². The molecule has 9 heteroatoms. The number of fused-ring (bicyclic) bond motifs is 1. The summed E-state index contributed by atoms with van der Waals surface area (Å²) in [5.41, 5.74) is 5.05. The van der Waals surface area contributed by atoms with Gasteiger partial charge in [0.15, 0.2) is 11.2 Å². The van der Waals surface area contributed by atoms with Crippen LogP contribution in [-0.4, -0.2) is 36.4 Å². The molecule has 0 bridgehead atoms. The molecular weight excluding hydrogens is 274 g/mol. The minimum absolute atomic E-state index is 0. The van der Waals surface area contributed by atoms with E-state index in [0.717, 1.165) is 4.57 Å². The fraction of sp³-hybridized carbons (Fsp3) is 0.500. The minimum atomic E-state index is -0.760. The van der Waals surface area contributed by atoms with E-state index in [4.69, 9.17) is 5.73 Å². The Kier molecular flexibility index (Phi) is 4.51. The highest BCUT2D eigenvalue weighted by Crippen LogP contribution is 2.05. The first-order valence-corrected chi connectivity index (χ1v) is 5.46. The molecule has 0 aliphatic heterocycles. The summed E-state index contributed by atoms with van der Waals surface area (Å²) in [7, 11) is 2.95. The van der Waals surface area contributed by atoms with Crippen molar-refractivity contribution in [3.63, 3.8) is 0 Å².